The molecule has 0 radical (unpaired) electrons. The second kappa shape index (κ2) is 8.15. The molecular formula is C18H22F3N5O2. The van der Waals surface area contributed by atoms with Gasteiger partial charge >= 0.3 is 6.18 Å². The van der Waals surface area contributed by atoms with Gasteiger partial charge in [0.2, 0.25) is 5.88 Å². The Kier molecular flexibility index (Phi) is 5.85. The molecule has 0 aromatic carbocycles. The smallest absolute Gasteiger partial charge is 0.434 e. The second-order valence-corrected chi connectivity index (χ2v) is 6.94. The predicted octanol–water partition coefficient (Wildman–Crippen LogP) is 3.34. The van der Waals surface area contributed by atoms with E-state index in [4.69, 9.17) is 4.74 Å². The number of amides is 1. The third-order valence-corrected chi connectivity index (χ3v) is 4.92. The highest BCUT2D eigenvalue weighted by Gasteiger charge is 2.41. The van der Waals surface area contributed by atoms with Crippen molar-refractivity contribution in [1.29, 1.82) is 0 Å². The fraction of sp³-hybridized carbons (Fsp3) is 0.556. The molecule has 10 heteroatoms. The van der Waals surface area contributed by atoms with Crippen molar-refractivity contribution in [3.63, 3.8) is 0 Å². The molecule has 1 amide bonds. The van der Waals surface area contributed by atoms with Crippen molar-refractivity contribution < 1.29 is 22.7 Å². The van der Waals surface area contributed by atoms with Crippen LogP contribution in [0.3, 0.4) is 0 Å². The summed E-state index contributed by atoms with van der Waals surface area (Å²) < 4.78 is 46.7. The zero-order valence-corrected chi connectivity index (χ0v) is 15.7. The minimum atomic E-state index is -4.78. The molecule has 0 unspecified atom stereocenters. The maximum absolute atomic E-state index is 13.8. The van der Waals surface area contributed by atoms with Crippen LogP contribution in [0.4, 0.5) is 13.2 Å². The van der Waals surface area contributed by atoms with Gasteiger partial charge in [0.05, 0.1) is 18.9 Å². The molecule has 3 rings (SSSR count). The highest BCUT2D eigenvalue weighted by atomic mass is 19.4. The van der Waals surface area contributed by atoms with Crippen LogP contribution < -0.4 is 4.74 Å². The van der Waals surface area contributed by atoms with Crippen LogP contribution in [0.5, 0.6) is 5.88 Å². The second-order valence-electron chi connectivity index (χ2n) is 6.94. The third kappa shape index (κ3) is 4.26. The largest absolute Gasteiger partial charge is 0.480 e. The molecule has 0 saturated heterocycles. The third-order valence-electron chi connectivity index (χ3n) is 4.92. The number of hydrogen-bond acceptors (Lipinski definition) is 5. The molecule has 1 fully saturated rings. The number of halogens is 3. The molecule has 0 spiro atoms. The minimum Gasteiger partial charge on any atom is -0.480 e. The average molecular weight is 397 g/mol. The summed E-state index contributed by atoms with van der Waals surface area (Å²) in [6.07, 6.45) is 1.49. The maximum Gasteiger partial charge on any atom is 0.434 e. The summed E-state index contributed by atoms with van der Waals surface area (Å²) in [6.45, 7) is 0.434. The minimum absolute atomic E-state index is 0.151. The number of aromatic nitrogens is 4. The van der Waals surface area contributed by atoms with Crippen LogP contribution >= 0.6 is 0 Å². The first-order chi connectivity index (χ1) is 13.3. The predicted molar refractivity (Wildman–Crippen MR) is 94.2 cm³/mol. The van der Waals surface area contributed by atoms with Gasteiger partial charge in [0.25, 0.3) is 5.91 Å². The number of nitrogens with zero attached hydrogens (tertiary/aromatic N) is 5. The van der Waals surface area contributed by atoms with Crippen LogP contribution in [0.15, 0.2) is 18.3 Å². The molecule has 7 nitrogen and oxygen atoms in total. The molecule has 0 bridgehead atoms. The van der Waals surface area contributed by atoms with Gasteiger partial charge in [-0.2, -0.15) is 18.3 Å². The van der Waals surface area contributed by atoms with Crippen molar-refractivity contribution in [2.75, 3.05) is 20.7 Å². The number of carbonyl (C=O) groups is 1. The van der Waals surface area contributed by atoms with Gasteiger partial charge in [-0.05, 0) is 24.8 Å². The van der Waals surface area contributed by atoms with Crippen molar-refractivity contribution in [1.82, 2.24) is 24.9 Å². The first kappa shape index (κ1) is 20.1. The van der Waals surface area contributed by atoms with Gasteiger partial charge in [-0.3, -0.25) is 4.79 Å². The Morgan fingerprint density at radius 3 is 2.54 bits per heavy atom. The van der Waals surface area contributed by atoms with E-state index >= 15 is 0 Å². The molecule has 0 N–H and O–H groups in total. The topological polar surface area (TPSA) is 73.1 Å². The Labute approximate surface area is 160 Å². The lowest BCUT2D eigenvalue weighted by Crippen LogP contribution is -2.34. The van der Waals surface area contributed by atoms with Gasteiger partial charge in [-0.15, -0.1) is 10.2 Å². The van der Waals surface area contributed by atoms with Gasteiger partial charge in [-0.25, -0.2) is 4.68 Å². The zero-order chi connectivity index (χ0) is 20.3. The van der Waals surface area contributed by atoms with Gasteiger partial charge in [-0.1, -0.05) is 19.3 Å². The number of hydrogen-bond donors (Lipinski definition) is 0. The fourth-order valence-corrected chi connectivity index (χ4v) is 3.53. The Bertz CT molecular complexity index is 814. The fourth-order valence-electron chi connectivity index (χ4n) is 3.53. The lowest BCUT2D eigenvalue weighted by molar-refractivity contribution is -0.143. The number of alkyl halides is 3. The molecule has 1 aliphatic carbocycles. The molecule has 1 aliphatic rings. The van der Waals surface area contributed by atoms with E-state index < -0.39 is 23.3 Å². The van der Waals surface area contributed by atoms with Crippen LogP contribution in [0.25, 0.3) is 5.82 Å². The van der Waals surface area contributed by atoms with E-state index in [1.54, 1.807) is 0 Å². The summed E-state index contributed by atoms with van der Waals surface area (Å²) in [5.74, 6) is -0.375. The van der Waals surface area contributed by atoms with Crippen molar-refractivity contribution in [3.8, 4) is 11.7 Å². The lowest BCUT2D eigenvalue weighted by atomic mass is 9.89. The number of carbonyl (C=O) groups excluding carboxylic acids is 1. The van der Waals surface area contributed by atoms with E-state index in [9.17, 15) is 18.0 Å². The molecule has 2 heterocycles. The standard InChI is InChI=1S/C18H22F3N5O2/c1-25(11-12-6-4-3-5-7-12)17(27)13-10-22-26(16(13)18(19,20)21)14-8-9-15(28-2)24-23-14/h8-10,12H,3-7,11H2,1-2H3. The van der Waals surface area contributed by atoms with Gasteiger partial charge in [0.1, 0.15) is 0 Å². The normalized spacial score (nSPS) is 15.5. The zero-order valence-electron chi connectivity index (χ0n) is 15.7. The van der Waals surface area contributed by atoms with E-state index in [2.05, 4.69) is 15.3 Å². The molecular weight excluding hydrogens is 375 g/mol. The highest BCUT2D eigenvalue weighted by Crippen LogP contribution is 2.34. The molecule has 28 heavy (non-hydrogen) atoms. The summed E-state index contributed by atoms with van der Waals surface area (Å²) in [5, 5.41) is 11.1. The van der Waals surface area contributed by atoms with Crippen molar-refractivity contribution in [2.24, 2.45) is 5.92 Å². The van der Waals surface area contributed by atoms with Crippen molar-refractivity contribution in [2.45, 2.75) is 38.3 Å². The summed E-state index contributed by atoms with van der Waals surface area (Å²) in [6, 6.07) is 2.68. The maximum atomic E-state index is 13.8. The van der Waals surface area contributed by atoms with Gasteiger partial charge in [0, 0.05) is 19.7 Å². The molecule has 2 aromatic heterocycles. The SMILES string of the molecule is COc1ccc(-n2ncc(C(=O)N(C)CC3CCCCC3)c2C(F)(F)F)nn1. The first-order valence-corrected chi connectivity index (χ1v) is 9.10. The van der Waals surface area contributed by atoms with E-state index in [0.29, 0.717) is 17.1 Å². The molecule has 152 valence electrons. The summed E-state index contributed by atoms with van der Waals surface area (Å²) in [5.41, 5.74) is -1.66. The lowest BCUT2D eigenvalue weighted by Gasteiger charge is -2.27. The number of ether oxygens (including phenoxy) is 1. The summed E-state index contributed by atoms with van der Waals surface area (Å²) >= 11 is 0. The van der Waals surface area contributed by atoms with E-state index in [1.807, 2.05) is 0 Å². The monoisotopic (exact) mass is 397 g/mol. The van der Waals surface area contributed by atoms with E-state index in [-0.39, 0.29) is 11.7 Å². The van der Waals surface area contributed by atoms with Crippen LogP contribution in [0.1, 0.15) is 48.2 Å². The highest BCUT2D eigenvalue weighted by molar-refractivity contribution is 5.95. The average Bonchev–Trinajstić information content (AvgIpc) is 3.14. The van der Waals surface area contributed by atoms with Crippen LogP contribution in [0.2, 0.25) is 0 Å². The number of methoxy groups -OCH3 is 1. The van der Waals surface area contributed by atoms with Crippen LogP contribution in [-0.4, -0.2) is 51.5 Å². The summed E-state index contributed by atoms with van der Waals surface area (Å²) in [7, 11) is 2.90. The van der Waals surface area contributed by atoms with Crippen LogP contribution in [0, 0.1) is 5.92 Å². The first-order valence-electron chi connectivity index (χ1n) is 9.10. The van der Waals surface area contributed by atoms with Gasteiger partial charge < -0.3 is 9.64 Å². The quantitative estimate of drug-likeness (QED) is 0.774. The molecule has 2 aromatic rings. The summed E-state index contributed by atoms with van der Waals surface area (Å²) in [4.78, 5) is 14.1. The number of rotatable bonds is 5. The van der Waals surface area contributed by atoms with Gasteiger partial charge in [0.15, 0.2) is 11.5 Å². The molecule has 0 atom stereocenters. The van der Waals surface area contributed by atoms with E-state index in [1.165, 1.54) is 37.6 Å². The Hall–Kier alpha value is -2.65. The van der Waals surface area contributed by atoms with Crippen molar-refractivity contribution >= 4 is 5.91 Å². The van der Waals surface area contributed by atoms with Crippen molar-refractivity contribution in [3.05, 3.63) is 29.6 Å². The Balaban J connectivity index is 1.89. The Morgan fingerprint density at radius 1 is 1.25 bits per heavy atom. The van der Waals surface area contributed by atoms with E-state index in [0.717, 1.165) is 31.9 Å². The Morgan fingerprint density at radius 2 is 1.96 bits per heavy atom. The molecule has 0 aliphatic heterocycles. The molecule has 1 saturated carbocycles. The van der Waals surface area contributed by atoms with Crippen LogP contribution in [-0.2, 0) is 6.18 Å².